The summed E-state index contributed by atoms with van der Waals surface area (Å²) in [4.78, 5) is 22.4. The third-order valence-electron chi connectivity index (χ3n) is 3.17. The topological polar surface area (TPSA) is 75.6 Å². The van der Waals surface area contributed by atoms with Gasteiger partial charge in [-0.2, -0.15) is 0 Å². The number of carbonyl (C=O) groups excluding carboxylic acids is 1. The summed E-state index contributed by atoms with van der Waals surface area (Å²) in [7, 11) is 0. The summed E-state index contributed by atoms with van der Waals surface area (Å²) in [5, 5.41) is 11.4. The molecule has 1 amide bonds. The van der Waals surface area contributed by atoms with E-state index in [2.05, 4.69) is 17.2 Å². The summed E-state index contributed by atoms with van der Waals surface area (Å²) in [6.45, 7) is 0.409. The minimum Gasteiger partial charge on any atom is -0.478 e. The lowest BCUT2D eigenvalue weighted by atomic mass is 10.1. The Hall–Kier alpha value is -3.33. The molecule has 0 aliphatic carbocycles. The molecule has 0 fully saturated rings. The van der Waals surface area contributed by atoms with Crippen molar-refractivity contribution >= 4 is 12.1 Å². The Labute approximate surface area is 144 Å². The van der Waals surface area contributed by atoms with Gasteiger partial charge in [0.25, 0.3) is 0 Å². The van der Waals surface area contributed by atoms with Gasteiger partial charge in [0.05, 0.1) is 11.1 Å². The summed E-state index contributed by atoms with van der Waals surface area (Å²) in [5.74, 6) is 3.51. The van der Waals surface area contributed by atoms with Gasteiger partial charge in [-0.05, 0) is 23.8 Å². The number of rotatable bonds is 5. The maximum Gasteiger partial charge on any atom is 0.407 e. The fraction of sp³-hybridized carbons (Fsp3) is 0.158. The average Bonchev–Trinajstić information content (AvgIpc) is 2.61. The second kappa shape index (κ2) is 9.08. The molecular weight excluding hydrogens is 325 g/mol. The van der Waals surface area contributed by atoms with Crippen LogP contribution in [0.4, 0.5) is 9.18 Å². The Morgan fingerprint density at radius 3 is 2.64 bits per heavy atom. The van der Waals surface area contributed by atoms with E-state index in [-0.39, 0.29) is 30.7 Å². The molecule has 0 aromatic heterocycles. The zero-order valence-electron chi connectivity index (χ0n) is 13.3. The summed E-state index contributed by atoms with van der Waals surface area (Å²) in [6, 6.07) is 12.7. The van der Waals surface area contributed by atoms with E-state index >= 15 is 0 Å². The third kappa shape index (κ3) is 5.99. The molecule has 0 bridgehead atoms. The van der Waals surface area contributed by atoms with Crippen molar-refractivity contribution in [3.8, 4) is 11.8 Å². The van der Waals surface area contributed by atoms with E-state index < -0.39 is 17.9 Å². The van der Waals surface area contributed by atoms with E-state index in [1.807, 2.05) is 30.3 Å². The molecule has 0 heterocycles. The second-order valence-electron chi connectivity index (χ2n) is 5.04. The van der Waals surface area contributed by atoms with E-state index in [0.717, 1.165) is 11.6 Å². The molecule has 5 nitrogen and oxygen atoms in total. The van der Waals surface area contributed by atoms with Crippen LogP contribution < -0.4 is 5.32 Å². The third-order valence-corrected chi connectivity index (χ3v) is 3.17. The lowest BCUT2D eigenvalue weighted by Gasteiger charge is -2.05. The normalized spacial score (nSPS) is 9.64. The van der Waals surface area contributed by atoms with Gasteiger partial charge in [0.15, 0.2) is 0 Å². The molecule has 0 unspecified atom stereocenters. The van der Waals surface area contributed by atoms with Crippen LogP contribution in [-0.2, 0) is 11.3 Å². The number of hydrogen-bond donors (Lipinski definition) is 2. The van der Waals surface area contributed by atoms with Gasteiger partial charge in [0.1, 0.15) is 12.4 Å². The molecule has 0 saturated carbocycles. The Morgan fingerprint density at radius 1 is 1.16 bits per heavy atom. The fourth-order valence-corrected chi connectivity index (χ4v) is 1.91. The van der Waals surface area contributed by atoms with Crippen molar-refractivity contribution < 1.29 is 23.8 Å². The van der Waals surface area contributed by atoms with E-state index in [9.17, 15) is 14.0 Å². The number of carboxylic acid groups (broad SMARTS) is 1. The SMILES string of the molecule is O=C(NCCC#Cc1cc(C(=O)O)ccc1F)OCc1ccccc1. The van der Waals surface area contributed by atoms with Gasteiger partial charge in [0.2, 0.25) is 0 Å². The van der Waals surface area contributed by atoms with Crippen LogP contribution in [0.25, 0.3) is 0 Å². The number of aromatic carboxylic acids is 1. The van der Waals surface area contributed by atoms with Crippen molar-refractivity contribution in [3.63, 3.8) is 0 Å². The van der Waals surface area contributed by atoms with E-state index in [1.165, 1.54) is 12.1 Å². The second-order valence-corrected chi connectivity index (χ2v) is 5.04. The molecule has 0 aliphatic rings. The smallest absolute Gasteiger partial charge is 0.407 e. The highest BCUT2D eigenvalue weighted by Crippen LogP contribution is 2.09. The lowest BCUT2D eigenvalue weighted by Crippen LogP contribution is -2.24. The number of carboxylic acids is 1. The van der Waals surface area contributed by atoms with Crippen LogP contribution in [0.5, 0.6) is 0 Å². The van der Waals surface area contributed by atoms with Crippen molar-refractivity contribution in [3.05, 3.63) is 71.0 Å². The molecule has 2 rings (SSSR count). The number of ether oxygens (including phenoxy) is 1. The van der Waals surface area contributed by atoms with Crippen LogP contribution in [0.1, 0.15) is 27.9 Å². The standard InChI is InChI=1S/C19H16FNO4/c20-17-10-9-16(18(22)23)12-15(17)8-4-5-11-21-19(24)25-13-14-6-2-1-3-7-14/h1-3,6-7,9-10,12H,5,11,13H2,(H,21,24)(H,22,23). The van der Waals surface area contributed by atoms with Crippen molar-refractivity contribution in [2.45, 2.75) is 13.0 Å². The van der Waals surface area contributed by atoms with Crippen LogP contribution >= 0.6 is 0 Å². The number of amides is 1. The van der Waals surface area contributed by atoms with Crippen LogP contribution in [0.15, 0.2) is 48.5 Å². The van der Waals surface area contributed by atoms with Gasteiger partial charge in [-0.3, -0.25) is 0 Å². The van der Waals surface area contributed by atoms with Gasteiger partial charge in [-0.25, -0.2) is 14.0 Å². The molecule has 128 valence electrons. The lowest BCUT2D eigenvalue weighted by molar-refractivity contribution is 0.0696. The maximum absolute atomic E-state index is 13.5. The van der Waals surface area contributed by atoms with Crippen molar-refractivity contribution in [1.82, 2.24) is 5.32 Å². The highest BCUT2D eigenvalue weighted by atomic mass is 19.1. The molecule has 0 saturated heterocycles. The summed E-state index contributed by atoms with van der Waals surface area (Å²) < 4.78 is 18.6. The minimum atomic E-state index is -1.15. The van der Waals surface area contributed by atoms with Gasteiger partial charge in [0, 0.05) is 13.0 Å². The number of alkyl carbamates (subject to hydrolysis) is 1. The van der Waals surface area contributed by atoms with Gasteiger partial charge in [-0.1, -0.05) is 42.2 Å². The fourth-order valence-electron chi connectivity index (χ4n) is 1.91. The minimum absolute atomic E-state index is 0.00607. The van der Waals surface area contributed by atoms with Crippen LogP contribution in [0, 0.1) is 17.7 Å². The average molecular weight is 341 g/mol. The zero-order chi connectivity index (χ0) is 18.1. The molecule has 0 atom stereocenters. The van der Waals surface area contributed by atoms with Gasteiger partial charge < -0.3 is 15.2 Å². The quantitative estimate of drug-likeness (QED) is 0.647. The molecule has 0 aliphatic heterocycles. The van der Waals surface area contributed by atoms with E-state index in [4.69, 9.17) is 9.84 Å². The van der Waals surface area contributed by atoms with Crippen LogP contribution in [0.3, 0.4) is 0 Å². The number of carbonyl (C=O) groups is 2. The van der Waals surface area contributed by atoms with Gasteiger partial charge >= 0.3 is 12.1 Å². The molecule has 25 heavy (non-hydrogen) atoms. The molecular formula is C19H16FNO4. The zero-order valence-corrected chi connectivity index (χ0v) is 13.3. The number of hydrogen-bond acceptors (Lipinski definition) is 3. The van der Waals surface area contributed by atoms with Gasteiger partial charge in [-0.15, -0.1) is 0 Å². The summed E-state index contributed by atoms with van der Waals surface area (Å²) in [5.41, 5.74) is 0.853. The Bertz CT molecular complexity index is 809. The first-order chi connectivity index (χ1) is 12.1. The number of nitrogens with one attached hydrogen (secondary N) is 1. The van der Waals surface area contributed by atoms with Crippen LogP contribution in [0.2, 0.25) is 0 Å². The Kier molecular flexibility index (Phi) is 6.55. The first-order valence-corrected chi connectivity index (χ1v) is 7.52. The first kappa shape index (κ1) is 18.0. The predicted octanol–water partition coefficient (Wildman–Crippen LogP) is 3.19. The molecule has 6 heteroatoms. The molecule has 2 aromatic carbocycles. The monoisotopic (exact) mass is 341 g/mol. The number of halogens is 1. The highest BCUT2D eigenvalue weighted by Gasteiger charge is 2.06. The summed E-state index contributed by atoms with van der Waals surface area (Å²) in [6.07, 6.45) is -0.290. The summed E-state index contributed by atoms with van der Waals surface area (Å²) >= 11 is 0. The largest absolute Gasteiger partial charge is 0.478 e. The highest BCUT2D eigenvalue weighted by molar-refractivity contribution is 5.88. The van der Waals surface area contributed by atoms with Crippen molar-refractivity contribution in [1.29, 1.82) is 0 Å². The predicted molar refractivity (Wildman–Crippen MR) is 89.5 cm³/mol. The molecule has 2 N–H and O–H groups in total. The Balaban J connectivity index is 1.76. The Morgan fingerprint density at radius 2 is 1.92 bits per heavy atom. The molecule has 2 aromatic rings. The van der Waals surface area contributed by atoms with Crippen LogP contribution in [-0.4, -0.2) is 23.7 Å². The van der Waals surface area contributed by atoms with Crippen molar-refractivity contribution in [2.24, 2.45) is 0 Å². The van der Waals surface area contributed by atoms with Crippen molar-refractivity contribution in [2.75, 3.05) is 6.54 Å². The molecule has 0 spiro atoms. The maximum atomic E-state index is 13.5. The number of benzene rings is 2. The first-order valence-electron chi connectivity index (χ1n) is 7.52. The molecule has 0 radical (unpaired) electrons. The van der Waals surface area contributed by atoms with E-state index in [0.29, 0.717) is 0 Å². The van der Waals surface area contributed by atoms with E-state index in [1.54, 1.807) is 0 Å².